The zero-order chi connectivity index (χ0) is 67.4. The van der Waals surface area contributed by atoms with Gasteiger partial charge in [-0.3, -0.25) is 14.4 Å². The summed E-state index contributed by atoms with van der Waals surface area (Å²) >= 11 is 37.2. The second-order valence-corrected chi connectivity index (χ2v) is 18.5. The molecule has 0 saturated carbocycles. The second kappa shape index (κ2) is 47.6. The zero-order valence-electron chi connectivity index (χ0n) is 49.7. The van der Waals surface area contributed by atoms with Crippen LogP contribution in [-0.2, 0) is 52.4 Å². The van der Waals surface area contributed by atoms with Crippen molar-refractivity contribution in [2.45, 2.75) is 45.3 Å². The maximum absolute atomic E-state index is 12.9. The summed E-state index contributed by atoms with van der Waals surface area (Å²) in [5.74, 6) is -2.07. The number of halogens is 16. The minimum Gasteiger partial charge on any atom is -1.00 e. The molecule has 0 amide bonds. The molecule has 1 atom stereocenters. The number of carboxylic acids is 1. The summed E-state index contributed by atoms with van der Waals surface area (Å²) in [7, 11) is 4.88. The fourth-order valence-electron chi connectivity index (χ4n) is 5.81. The average molecular weight is 1740 g/mol. The molecule has 43 heteroatoms. The fourth-order valence-corrected chi connectivity index (χ4v) is 7.20. The van der Waals surface area contributed by atoms with Crippen molar-refractivity contribution in [2.75, 3.05) is 55.2 Å². The van der Waals surface area contributed by atoms with E-state index >= 15 is 0 Å². The van der Waals surface area contributed by atoms with Crippen LogP contribution in [0.2, 0.25) is 30.9 Å². The number of hydrogen-bond acceptors (Lipinski definition) is 23. The number of hydrogen-bond donors (Lipinski definition) is 3. The number of nitrogens with one attached hydrogen (secondary N) is 2. The number of benzene rings is 3. The second-order valence-electron chi connectivity index (χ2n) is 15.7. The van der Waals surface area contributed by atoms with Gasteiger partial charge in [0.1, 0.15) is 6.61 Å². The molecule has 4 heterocycles. The molecule has 0 fully saturated rings. The molecule has 0 aliphatic carbocycles. The Kier molecular flexibility index (Phi) is 49.6. The van der Waals surface area contributed by atoms with Gasteiger partial charge in [-0.25, -0.2) is 34.3 Å². The van der Waals surface area contributed by atoms with E-state index in [4.69, 9.17) is 104 Å². The minimum atomic E-state index is -4.58. The third-order valence-electron chi connectivity index (χ3n) is 9.51. The van der Waals surface area contributed by atoms with Crippen LogP contribution in [0.25, 0.3) is 0 Å². The van der Waals surface area contributed by atoms with Crippen LogP contribution in [0, 0.1) is 0 Å². The van der Waals surface area contributed by atoms with Gasteiger partial charge in [0.15, 0.2) is 47.1 Å². The molecule has 0 saturated heterocycles. The summed E-state index contributed by atoms with van der Waals surface area (Å²) in [6, 6.07) is 7.85. The van der Waals surface area contributed by atoms with Gasteiger partial charge in [0.2, 0.25) is 21.6 Å². The predicted molar refractivity (Wildman–Crippen MR) is 304 cm³/mol. The molecule has 3 aromatic heterocycles. The fraction of sp³-hybridized carbons (Fsp3) is 0.265. The van der Waals surface area contributed by atoms with E-state index in [2.05, 4.69) is 71.1 Å². The van der Waals surface area contributed by atoms with Crippen LogP contribution < -0.4 is 203 Å². The Morgan fingerprint density at radius 2 is 1.10 bits per heavy atom. The van der Waals surface area contributed by atoms with E-state index in [9.17, 15) is 58.7 Å². The van der Waals surface area contributed by atoms with Crippen molar-refractivity contribution in [3.05, 3.63) is 137 Å². The summed E-state index contributed by atoms with van der Waals surface area (Å²) in [5.41, 5.74) is -2.71. The first-order valence-corrected chi connectivity index (χ1v) is 26.3. The summed E-state index contributed by atoms with van der Waals surface area (Å²) in [4.78, 5) is 95.1. The number of rotatable bonds is 10. The molecule has 7 rings (SSSR count). The molecule has 92 heavy (non-hydrogen) atoms. The number of Topliss-reactive ketones (excluding diaryl/α,β-unsaturated/α-hetero) is 2. The third kappa shape index (κ3) is 35.8. The number of nitrogens with zero attached hydrogens (tertiary/aromatic N) is 7. The Bertz CT molecular complexity index is 3370. The topological polar surface area (TPSA) is 320 Å². The number of carbonyl (C=O) groups excluding carboxylic acids is 6. The molecular formula is C49H42BBrCl6Cs2F9N9NaO14. The van der Waals surface area contributed by atoms with Crippen molar-refractivity contribution in [1.82, 2.24) is 29.9 Å². The van der Waals surface area contributed by atoms with E-state index in [0.29, 0.717) is 29.0 Å². The largest absolute Gasteiger partial charge is 1.00 e. The molecule has 1 aliphatic heterocycles. The maximum atomic E-state index is 12.9. The number of aromatic hydroxyl groups is 1. The Morgan fingerprint density at radius 3 is 1.50 bits per heavy atom. The zero-order valence-corrected chi connectivity index (χ0v) is 69.4. The third-order valence-corrected chi connectivity index (χ3v) is 11.6. The van der Waals surface area contributed by atoms with Gasteiger partial charge in [-0.15, -0.1) is 0 Å². The average Bonchev–Trinajstić information content (AvgIpc) is 1.01. The van der Waals surface area contributed by atoms with Crippen LogP contribution in [0.1, 0.15) is 71.2 Å². The van der Waals surface area contributed by atoms with Gasteiger partial charge in [0.25, 0.3) is 6.47 Å². The van der Waals surface area contributed by atoms with Crippen LogP contribution in [0.5, 0.6) is 17.2 Å². The van der Waals surface area contributed by atoms with Crippen molar-refractivity contribution >= 4 is 147 Å². The molecule has 1 unspecified atom stereocenters. The first kappa shape index (κ1) is 96.0. The molecule has 6 aromatic rings. The SMILES string of the molecule is CC(=O)OOC(C)=O.CC(=O)[O-].CN1c2nc(Cl)ncc2OCC1c1cc(C(F)(F)F)ccc1Cl.CNc1nc(Cl)ncc1O.CNc1nc(Cl)ncc1OCC(=O)c1cc(C(F)(F)F)ccc1Cl.O=C(CBr)c1cc(C(F)(F)F)ccc1Cl.O=CO[O-].[B].[Cs+].[Cs+].[H-].[Na+]. The molecule has 3 radical (unpaired) electrons. The minimum absolute atomic E-state index is 0. The van der Waals surface area contributed by atoms with Crippen molar-refractivity contribution in [3.8, 4) is 17.2 Å². The smallest absolute Gasteiger partial charge is 1.00 e. The summed E-state index contributed by atoms with van der Waals surface area (Å²) in [5, 5.41) is 31.8. The molecule has 3 aromatic carbocycles. The standard InChI is InChI=1S/C14H10Cl2F3N3O2.C14H10Cl2F3N3O.C9H5BrClF3O.C5H6ClN3O.C4H6O4.C2H4O2.CH2O3.B.2Cs.Na.H/c1-20-12-11(5-21-13(16)22-12)24-6-10(23)8-4-7(14(17,18)19)2-3-9(8)15;1-22-10(6-23-11-5-20-13(16)21-12(11)22)8-4-7(14(17,18)19)2-3-9(8)15;10-4-8(15)6-3-5(9(12,13)14)1-2-7(6)11;1-7-4-3(10)2-8-5(6)9-4;1-3(5)7-8-4(2)6;1-2(3)4;2-1-4-3;;;;;/h2-5H,6H2,1H3,(H,20,21,22);2-5,10H,6H2,1H3;1-3H,4H2;2,10H,1H3,(H,7,8,9);1-2H3;1H3,(H,3,4);1,3H;;;;;/q;;;;;;;;3*+1;-1/p-2. The van der Waals surface area contributed by atoms with E-state index in [0.717, 1.165) is 63.2 Å². The number of ketones is 2. The van der Waals surface area contributed by atoms with Gasteiger partial charge in [0.05, 0.1) is 56.7 Å². The van der Waals surface area contributed by atoms with E-state index in [1.165, 1.54) is 24.7 Å². The number of alkyl halides is 10. The van der Waals surface area contributed by atoms with E-state index in [1.54, 1.807) is 26.0 Å². The van der Waals surface area contributed by atoms with Gasteiger partial charge in [0, 0.05) is 65.5 Å². The molecule has 485 valence electrons. The van der Waals surface area contributed by atoms with Crippen LogP contribution >= 0.6 is 85.5 Å². The van der Waals surface area contributed by atoms with Crippen LogP contribution in [0.15, 0.2) is 73.2 Å². The normalized spacial score (nSPS) is 11.4. The number of likely N-dealkylation sites (N-methyl/N-ethyl adjacent to an activating group) is 1. The van der Waals surface area contributed by atoms with Gasteiger partial charge >= 0.3 is 198 Å². The van der Waals surface area contributed by atoms with Crippen LogP contribution in [0.4, 0.5) is 57.0 Å². The van der Waals surface area contributed by atoms with E-state index in [-0.39, 0.29) is 255 Å². The number of anilines is 3. The Morgan fingerprint density at radius 1 is 0.707 bits per heavy atom. The van der Waals surface area contributed by atoms with E-state index in [1.807, 2.05) is 0 Å². The maximum Gasteiger partial charge on any atom is 1.00 e. The molecule has 0 bridgehead atoms. The van der Waals surface area contributed by atoms with Crippen molar-refractivity contribution in [3.63, 3.8) is 0 Å². The first-order chi connectivity index (χ1) is 40.9. The monoisotopic (exact) mass is 1740 g/mol. The van der Waals surface area contributed by atoms with E-state index < -0.39 is 77.3 Å². The summed E-state index contributed by atoms with van der Waals surface area (Å²) < 4.78 is 125. The van der Waals surface area contributed by atoms with Gasteiger partial charge in [-0.05, 0) is 102 Å². The van der Waals surface area contributed by atoms with Crippen LogP contribution in [-0.4, -0.2) is 119 Å². The van der Waals surface area contributed by atoms with Gasteiger partial charge in [-0.2, -0.15) is 54.5 Å². The number of ether oxygens (including phenoxy) is 2. The number of aromatic nitrogens is 6. The number of carboxylic acid groups (broad SMARTS) is 1. The summed E-state index contributed by atoms with van der Waals surface area (Å²) in [6.07, 6.45) is -9.60. The number of fused-ring (bicyclic) bond motifs is 1. The van der Waals surface area contributed by atoms with Crippen molar-refractivity contribution in [2.24, 2.45) is 0 Å². The predicted octanol–water partition coefficient (Wildman–Crippen LogP) is 1.25. The van der Waals surface area contributed by atoms with Crippen molar-refractivity contribution in [1.29, 1.82) is 0 Å². The number of carbonyl (C=O) groups is 6. The molecule has 3 N–H and O–H groups in total. The quantitative estimate of drug-likeness (QED) is 0.0254. The summed E-state index contributed by atoms with van der Waals surface area (Å²) in [6.45, 7) is 2.65. The molecule has 1 aliphatic rings. The first-order valence-electron chi connectivity index (χ1n) is 22.9. The molecular weight excluding hydrogens is 1700 g/mol. The molecule has 23 nitrogen and oxygen atoms in total. The van der Waals surface area contributed by atoms with Crippen LogP contribution in [0.3, 0.4) is 0 Å². The van der Waals surface area contributed by atoms with Gasteiger partial charge in [-0.1, -0.05) is 50.7 Å². The molecule has 0 spiro atoms. The Hall–Kier alpha value is -2.36. The number of aliphatic carboxylic acids is 1. The van der Waals surface area contributed by atoms with Crippen molar-refractivity contribution < 1.29 is 277 Å². The Labute approximate surface area is 698 Å². The van der Waals surface area contributed by atoms with Gasteiger partial charge < -0.3 is 51.6 Å². The Balaban J connectivity index is -0.000000347.